The Morgan fingerprint density at radius 2 is 1.00 bits per heavy atom. The quantitative estimate of drug-likeness (QED) is 0.879. The van der Waals surface area contributed by atoms with Crippen LogP contribution in [0.15, 0.2) is 60.7 Å². The van der Waals surface area contributed by atoms with Gasteiger partial charge in [0, 0.05) is 12.8 Å². The van der Waals surface area contributed by atoms with Crippen LogP contribution in [0, 0.1) is 0 Å². The molecule has 2 N–H and O–H groups in total. The number of carboxylic acids is 2. The molecule has 4 heteroatoms. The van der Waals surface area contributed by atoms with Crippen LogP contribution in [-0.4, -0.2) is 22.2 Å². The first-order valence-corrected chi connectivity index (χ1v) is 6.63. The normalized spacial score (nSPS) is 9.33. The maximum atomic E-state index is 9.79. The molecule has 0 aliphatic heterocycles. The smallest absolute Gasteiger partial charge is 0.303 e. The zero-order valence-corrected chi connectivity index (χ0v) is 11.6. The maximum Gasteiger partial charge on any atom is 0.303 e. The number of carbonyl (C=O) groups is 2. The van der Waals surface area contributed by atoms with Gasteiger partial charge in [0.1, 0.15) is 0 Å². The van der Waals surface area contributed by atoms with Gasteiger partial charge >= 0.3 is 11.9 Å². The SMILES string of the molecule is O=C(O)CCCC(=O)O.c1ccc(-c2ccccc2)cc1. The second-order valence-corrected chi connectivity index (χ2v) is 4.37. The van der Waals surface area contributed by atoms with Crippen LogP contribution in [-0.2, 0) is 9.59 Å². The van der Waals surface area contributed by atoms with Gasteiger partial charge in [0.25, 0.3) is 0 Å². The van der Waals surface area contributed by atoms with Gasteiger partial charge in [-0.05, 0) is 17.5 Å². The summed E-state index contributed by atoms with van der Waals surface area (Å²) in [5.41, 5.74) is 2.55. The van der Waals surface area contributed by atoms with Gasteiger partial charge in [-0.25, -0.2) is 0 Å². The number of benzene rings is 2. The van der Waals surface area contributed by atoms with Crippen LogP contribution < -0.4 is 0 Å². The molecule has 2 aromatic rings. The maximum absolute atomic E-state index is 9.79. The molecule has 0 saturated heterocycles. The molecule has 0 saturated carbocycles. The molecule has 21 heavy (non-hydrogen) atoms. The zero-order valence-electron chi connectivity index (χ0n) is 11.6. The van der Waals surface area contributed by atoms with Crippen molar-refractivity contribution in [1.29, 1.82) is 0 Å². The first kappa shape index (κ1) is 16.4. The fourth-order valence-corrected chi connectivity index (χ4v) is 1.65. The van der Waals surface area contributed by atoms with Crippen molar-refractivity contribution in [2.24, 2.45) is 0 Å². The van der Waals surface area contributed by atoms with Gasteiger partial charge in [0.05, 0.1) is 0 Å². The summed E-state index contributed by atoms with van der Waals surface area (Å²) in [5, 5.41) is 16.1. The summed E-state index contributed by atoms with van der Waals surface area (Å²) < 4.78 is 0. The van der Waals surface area contributed by atoms with Crippen molar-refractivity contribution in [2.75, 3.05) is 0 Å². The largest absolute Gasteiger partial charge is 0.481 e. The monoisotopic (exact) mass is 286 g/mol. The molecule has 110 valence electrons. The molecule has 0 fully saturated rings. The molecule has 2 aromatic carbocycles. The van der Waals surface area contributed by atoms with E-state index >= 15 is 0 Å². The Hall–Kier alpha value is -2.62. The molecule has 0 heterocycles. The minimum Gasteiger partial charge on any atom is -0.481 e. The van der Waals surface area contributed by atoms with Gasteiger partial charge in [-0.3, -0.25) is 9.59 Å². The molecule has 0 bridgehead atoms. The van der Waals surface area contributed by atoms with Crippen LogP contribution in [0.2, 0.25) is 0 Å². The third kappa shape index (κ3) is 7.52. The van der Waals surface area contributed by atoms with E-state index in [2.05, 4.69) is 48.5 Å². The van der Waals surface area contributed by atoms with E-state index in [1.807, 2.05) is 12.1 Å². The summed E-state index contributed by atoms with van der Waals surface area (Å²) >= 11 is 0. The molecule has 0 radical (unpaired) electrons. The summed E-state index contributed by atoms with van der Waals surface area (Å²) in [5.74, 6) is -1.90. The van der Waals surface area contributed by atoms with Gasteiger partial charge < -0.3 is 10.2 Å². The van der Waals surface area contributed by atoms with Crippen molar-refractivity contribution in [3.8, 4) is 11.1 Å². The van der Waals surface area contributed by atoms with E-state index in [-0.39, 0.29) is 19.3 Å². The number of hydrogen-bond acceptors (Lipinski definition) is 2. The number of hydrogen-bond donors (Lipinski definition) is 2. The highest BCUT2D eigenvalue weighted by molar-refractivity contribution is 5.69. The highest BCUT2D eigenvalue weighted by Gasteiger charge is 1.99. The Labute approximate surface area is 123 Å². The molecular weight excluding hydrogens is 268 g/mol. The van der Waals surface area contributed by atoms with Crippen molar-refractivity contribution in [3.05, 3.63) is 60.7 Å². The van der Waals surface area contributed by atoms with E-state index in [4.69, 9.17) is 10.2 Å². The molecule has 0 aliphatic rings. The van der Waals surface area contributed by atoms with Crippen LogP contribution in [0.25, 0.3) is 11.1 Å². The summed E-state index contributed by atoms with van der Waals surface area (Å²) in [4.78, 5) is 19.6. The molecular formula is C17H18O4. The summed E-state index contributed by atoms with van der Waals surface area (Å²) in [7, 11) is 0. The average molecular weight is 286 g/mol. The summed E-state index contributed by atoms with van der Waals surface area (Å²) in [6.45, 7) is 0. The van der Waals surface area contributed by atoms with E-state index in [1.54, 1.807) is 0 Å². The van der Waals surface area contributed by atoms with E-state index in [0.717, 1.165) is 0 Å². The molecule has 0 amide bonds. The Bertz CT molecular complexity index is 498. The van der Waals surface area contributed by atoms with Gasteiger partial charge in [0.15, 0.2) is 0 Å². The zero-order chi connectivity index (χ0) is 15.5. The molecule has 0 unspecified atom stereocenters. The fraction of sp³-hybridized carbons (Fsp3) is 0.176. The lowest BCUT2D eigenvalue weighted by molar-refractivity contribution is -0.138. The Kier molecular flexibility index (Phi) is 7.29. The first-order valence-electron chi connectivity index (χ1n) is 6.63. The molecule has 0 aliphatic carbocycles. The van der Waals surface area contributed by atoms with Gasteiger partial charge in [-0.2, -0.15) is 0 Å². The molecule has 0 atom stereocenters. The molecule has 0 aromatic heterocycles. The first-order chi connectivity index (χ1) is 10.1. The van der Waals surface area contributed by atoms with Gasteiger partial charge in [-0.15, -0.1) is 0 Å². The predicted octanol–water partition coefficient (Wildman–Crippen LogP) is 3.68. The second kappa shape index (κ2) is 9.31. The average Bonchev–Trinajstić information content (AvgIpc) is 2.49. The van der Waals surface area contributed by atoms with Crippen molar-refractivity contribution in [1.82, 2.24) is 0 Å². The number of carboxylic acid groups (broad SMARTS) is 2. The van der Waals surface area contributed by atoms with Crippen LogP contribution in [0.5, 0.6) is 0 Å². The Balaban J connectivity index is 0.000000222. The third-order valence-corrected chi connectivity index (χ3v) is 2.66. The van der Waals surface area contributed by atoms with E-state index in [1.165, 1.54) is 11.1 Å². The topological polar surface area (TPSA) is 74.6 Å². The van der Waals surface area contributed by atoms with Crippen molar-refractivity contribution in [2.45, 2.75) is 19.3 Å². The number of rotatable bonds is 5. The lowest BCUT2D eigenvalue weighted by Crippen LogP contribution is -1.98. The minimum absolute atomic E-state index is 0.0632. The Morgan fingerprint density at radius 1 is 0.667 bits per heavy atom. The molecule has 4 nitrogen and oxygen atoms in total. The van der Waals surface area contributed by atoms with Crippen molar-refractivity contribution >= 4 is 11.9 Å². The highest BCUT2D eigenvalue weighted by Crippen LogP contribution is 2.17. The van der Waals surface area contributed by atoms with Gasteiger partial charge in [-0.1, -0.05) is 60.7 Å². The standard InChI is InChI=1S/C12H10.C5H8O4/c1-3-7-11(8-4-1)12-9-5-2-6-10-12;6-4(7)2-1-3-5(8)9/h1-10H;1-3H2,(H,6,7)(H,8,9). The predicted molar refractivity (Wildman–Crippen MR) is 81.0 cm³/mol. The van der Waals surface area contributed by atoms with Crippen molar-refractivity contribution < 1.29 is 19.8 Å². The molecule has 2 rings (SSSR count). The van der Waals surface area contributed by atoms with Gasteiger partial charge in [0.2, 0.25) is 0 Å². The lowest BCUT2D eigenvalue weighted by Gasteiger charge is -1.98. The third-order valence-electron chi connectivity index (χ3n) is 2.66. The second-order valence-electron chi connectivity index (χ2n) is 4.37. The van der Waals surface area contributed by atoms with E-state index in [9.17, 15) is 9.59 Å². The number of aliphatic carboxylic acids is 2. The van der Waals surface area contributed by atoms with Crippen LogP contribution in [0.4, 0.5) is 0 Å². The lowest BCUT2D eigenvalue weighted by atomic mass is 10.1. The van der Waals surface area contributed by atoms with Crippen molar-refractivity contribution in [3.63, 3.8) is 0 Å². The highest BCUT2D eigenvalue weighted by atomic mass is 16.4. The summed E-state index contributed by atoms with van der Waals surface area (Å²) in [6.07, 6.45) is 0.0866. The fourth-order valence-electron chi connectivity index (χ4n) is 1.65. The Morgan fingerprint density at radius 3 is 1.29 bits per heavy atom. The van der Waals surface area contributed by atoms with Crippen LogP contribution in [0.3, 0.4) is 0 Å². The minimum atomic E-state index is -0.948. The van der Waals surface area contributed by atoms with E-state index < -0.39 is 11.9 Å². The van der Waals surface area contributed by atoms with Crippen LogP contribution in [0.1, 0.15) is 19.3 Å². The van der Waals surface area contributed by atoms with E-state index in [0.29, 0.717) is 0 Å². The summed E-state index contributed by atoms with van der Waals surface area (Å²) in [6, 6.07) is 20.8. The van der Waals surface area contributed by atoms with Crippen LogP contribution >= 0.6 is 0 Å². The molecule has 0 spiro atoms.